The van der Waals surface area contributed by atoms with Crippen LogP contribution in [-0.2, 0) is 11.2 Å². The molecule has 114 valence electrons. The van der Waals surface area contributed by atoms with E-state index in [1.807, 2.05) is 24.3 Å². The van der Waals surface area contributed by atoms with Crippen molar-refractivity contribution in [3.05, 3.63) is 40.3 Å². The molecule has 0 aliphatic carbocycles. The van der Waals surface area contributed by atoms with Gasteiger partial charge in [0.15, 0.2) is 0 Å². The molecule has 0 unspecified atom stereocenters. The number of ether oxygens (including phenoxy) is 1. The van der Waals surface area contributed by atoms with Gasteiger partial charge < -0.3 is 9.84 Å². The molecule has 1 rings (SSSR count). The van der Waals surface area contributed by atoms with Crippen LogP contribution in [0.5, 0.6) is 5.75 Å². The molecule has 0 aliphatic rings. The molecule has 1 aromatic rings. The van der Waals surface area contributed by atoms with Gasteiger partial charge in [-0.1, -0.05) is 17.2 Å². The van der Waals surface area contributed by atoms with Crippen LogP contribution >= 0.6 is 0 Å². The Labute approximate surface area is 124 Å². The zero-order valence-electron chi connectivity index (χ0n) is 12.1. The quantitative estimate of drug-likeness (QED) is 0.289. The number of rotatable bonds is 11. The Morgan fingerprint density at radius 2 is 1.95 bits per heavy atom. The van der Waals surface area contributed by atoms with Crippen LogP contribution in [0.15, 0.2) is 29.4 Å². The van der Waals surface area contributed by atoms with E-state index in [1.165, 1.54) is 5.56 Å². The van der Waals surface area contributed by atoms with Gasteiger partial charge in [0.1, 0.15) is 5.75 Å². The summed E-state index contributed by atoms with van der Waals surface area (Å²) in [7, 11) is 0. The molecule has 0 radical (unpaired) electrons. The average Bonchev–Trinajstić information content (AvgIpc) is 2.48. The fourth-order valence-electron chi connectivity index (χ4n) is 1.88. The van der Waals surface area contributed by atoms with Crippen molar-refractivity contribution in [3.8, 4) is 5.75 Å². The molecule has 0 atom stereocenters. The minimum Gasteiger partial charge on any atom is -0.494 e. The molecule has 6 heteroatoms. The number of carboxylic acids is 1. The molecule has 0 saturated heterocycles. The molecule has 0 amide bonds. The Kier molecular flexibility index (Phi) is 8.48. The topological polar surface area (TPSA) is 95.3 Å². The maximum absolute atomic E-state index is 10.4. The molecule has 21 heavy (non-hydrogen) atoms. The second-order valence-corrected chi connectivity index (χ2v) is 4.75. The first-order chi connectivity index (χ1) is 10.2. The van der Waals surface area contributed by atoms with E-state index in [2.05, 4.69) is 10.0 Å². The van der Waals surface area contributed by atoms with Crippen molar-refractivity contribution in [3.63, 3.8) is 0 Å². The SMILES string of the molecule is [N-]=[N+]=NCCCCOc1ccc(CCCCC(=O)O)cc1. The van der Waals surface area contributed by atoms with Crippen LogP contribution < -0.4 is 4.74 Å². The molecule has 0 fully saturated rings. The van der Waals surface area contributed by atoms with Gasteiger partial charge in [-0.2, -0.15) is 0 Å². The van der Waals surface area contributed by atoms with E-state index in [4.69, 9.17) is 15.4 Å². The van der Waals surface area contributed by atoms with Gasteiger partial charge >= 0.3 is 5.97 Å². The molecule has 0 heterocycles. The summed E-state index contributed by atoms with van der Waals surface area (Å²) in [6.07, 6.45) is 4.39. The molecule has 0 saturated carbocycles. The number of aliphatic carboxylic acids is 1. The van der Waals surface area contributed by atoms with Crippen molar-refractivity contribution >= 4 is 5.97 Å². The van der Waals surface area contributed by atoms with E-state index < -0.39 is 5.97 Å². The first-order valence-electron chi connectivity index (χ1n) is 7.17. The second kappa shape index (κ2) is 10.6. The molecule has 6 nitrogen and oxygen atoms in total. The highest BCUT2D eigenvalue weighted by atomic mass is 16.5. The third-order valence-corrected chi connectivity index (χ3v) is 3.01. The summed E-state index contributed by atoms with van der Waals surface area (Å²) in [5.74, 6) is 0.0901. The lowest BCUT2D eigenvalue weighted by Crippen LogP contribution is -1.98. The van der Waals surface area contributed by atoms with Gasteiger partial charge in [0.2, 0.25) is 0 Å². The summed E-state index contributed by atoms with van der Waals surface area (Å²) in [5, 5.41) is 12.0. The third kappa shape index (κ3) is 8.55. The molecule has 1 N–H and O–H groups in total. The fourth-order valence-corrected chi connectivity index (χ4v) is 1.88. The first kappa shape index (κ1) is 16.9. The number of carboxylic acid groups (broad SMARTS) is 1. The Balaban J connectivity index is 2.17. The lowest BCUT2D eigenvalue weighted by atomic mass is 10.1. The normalized spacial score (nSPS) is 9.90. The van der Waals surface area contributed by atoms with Crippen LogP contribution in [0, 0.1) is 0 Å². The predicted octanol–water partition coefficient (Wildman–Crippen LogP) is 3.95. The second-order valence-electron chi connectivity index (χ2n) is 4.75. The van der Waals surface area contributed by atoms with Gasteiger partial charge in [-0.05, 0) is 55.3 Å². The van der Waals surface area contributed by atoms with Crippen molar-refractivity contribution in [2.45, 2.75) is 38.5 Å². The highest BCUT2D eigenvalue weighted by molar-refractivity contribution is 5.66. The molecular formula is C15H21N3O3. The highest BCUT2D eigenvalue weighted by Gasteiger charge is 1.99. The average molecular weight is 291 g/mol. The molecule has 0 spiro atoms. The summed E-state index contributed by atoms with van der Waals surface area (Å²) >= 11 is 0. The van der Waals surface area contributed by atoms with E-state index in [9.17, 15) is 4.79 Å². The summed E-state index contributed by atoms with van der Waals surface area (Å²) in [6.45, 7) is 1.12. The van der Waals surface area contributed by atoms with Crippen molar-refractivity contribution in [1.29, 1.82) is 0 Å². The number of benzene rings is 1. The van der Waals surface area contributed by atoms with Gasteiger partial charge in [0.25, 0.3) is 0 Å². The maximum Gasteiger partial charge on any atom is 0.303 e. The molecule has 0 aliphatic heterocycles. The molecule has 0 aromatic heterocycles. The van der Waals surface area contributed by atoms with Crippen molar-refractivity contribution in [2.75, 3.05) is 13.2 Å². The highest BCUT2D eigenvalue weighted by Crippen LogP contribution is 2.14. The number of aryl methyl sites for hydroxylation is 1. The van der Waals surface area contributed by atoms with Gasteiger partial charge in [0, 0.05) is 17.9 Å². The van der Waals surface area contributed by atoms with E-state index >= 15 is 0 Å². The minimum atomic E-state index is -0.737. The number of hydrogen-bond donors (Lipinski definition) is 1. The number of unbranched alkanes of at least 4 members (excludes halogenated alkanes) is 2. The molecule has 1 aromatic carbocycles. The predicted molar refractivity (Wildman–Crippen MR) is 80.4 cm³/mol. The standard InChI is InChI=1S/C15H21N3O3/c16-18-17-11-3-4-12-21-14-9-7-13(8-10-14)5-1-2-6-15(19)20/h7-10H,1-6,11-12H2,(H,19,20). The summed E-state index contributed by atoms with van der Waals surface area (Å²) in [5.41, 5.74) is 9.32. The van der Waals surface area contributed by atoms with Crippen LogP contribution in [0.4, 0.5) is 0 Å². The Hall–Kier alpha value is -2.20. The van der Waals surface area contributed by atoms with E-state index in [1.54, 1.807) is 0 Å². The van der Waals surface area contributed by atoms with Crippen LogP contribution in [0.2, 0.25) is 0 Å². The van der Waals surface area contributed by atoms with Gasteiger partial charge in [-0.15, -0.1) is 0 Å². The van der Waals surface area contributed by atoms with Crippen LogP contribution in [0.1, 0.15) is 37.7 Å². The van der Waals surface area contributed by atoms with Crippen LogP contribution in [-0.4, -0.2) is 24.2 Å². The Morgan fingerprint density at radius 1 is 1.19 bits per heavy atom. The van der Waals surface area contributed by atoms with Gasteiger partial charge in [-0.3, -0.25) is 4.79 Å². The fraction of sp³-hybridized carbons (Fsp3) is 0.533. The van der Waals surface area contributed by atoms with Gasteiger partial charge in [0.05, 0.1) is 6.61 Å². The lowest BCUT2D eigenvalue weighted by Gasteiger charge is -2.06. The Morgan fingerprint density at radius 3 is 2.62 bits per heavy atom. The van der Waals surface area contributed by atoms with Crippen molar-refractivity contribution in [2.24, 2.45) is 5.11 Å². The first-order valence-corrected chi connectivity index (χ1v) is 7.17. The van der Waals surface area contributed by atoms with E-state index in [0.29, 0.717) is 19.6 Å². The summed E-state index contributed by atoms with van der Waals surface area (Å²) < 4.78 is 5.59. The lowest BCUT2D eigenvalue weighted by molar-refractivity contribution is -0.137. The number of carbonyl (C=O) groups is 1. The van der Waals surface area contributed by atoms with Crippen molar-refractivity contribution in [1.82, 2.24) is 0 Å². The minimum absolute atomic E-state index is 0.233. The molecule has 0 bridgehead atoms. The zero-order chi connectivity index (χ0) is 15.3. The van der Waals surface area contributed by atoms with Crippen LogP contribution in [0.25, 0.3) is 10.4 Å². The van der Waals surface area contributed by atoms with Crippen molar-refractivity contribution < 1.29 is 14.6 Å². The summed E-state index contributed by atoms with van der Waals surface area (Å²) in [6, 6.07) is 7.88. The smallest absolute Gasteiger partial charge is 0.303 e. The van der Waals surface area contributed by atoms with Crippen LogP contribution in [0.3, 0.4) is 0 Å². The largest absolute Gasteiger partial charge is 0.494 e. The monoisotopic (exact) mass is 291 g/mol. The maximum atomic E-state index is 10.4. The van der Waals surface area contributed by atoms with E-state index in [-0.39, 0.29) is 6.42 Å². The molecular weight excluding hydrogens is 270 g/mol. The van der Waals surface area contributed by atoms with E-state index in [0.717, 1.165) is 31.4 Å². The number of nitrogens with zero attached hydrogens (tertiary/aromatic N) is 3. The third-order valence-electron chi connectivity index (χ3n) is 3.01. The summed E-state index contributed by atoms with van der Waals surface area (Å²) in [4.78, 5) is 13.1. The van der Waals surface area contributed by atoms with Gasteiger partial charge in [-0.25, -0.2) is 0 Å². The zero-order valence-corrected chi connectivity index (χ0v) is 12.1. The number of hydrogen-bond acceptors (Lipinski definition) is 3. The number of azide groups is 1. The Bertz CT molecular complexity index is 468.